The van der Waals surface area contributed by atoms with Crippen LogP contribution in [0, 0.1) is 0 Å². The summed E-state index contributed by atoms with van der Waals surface area (Å²) in [6.45, 7) is 1.36. The molecule has 1 amide bonds. The molecule has 0 radical (unpaired) electrons. The molecule has 28 heavy (non-hydrogen) atoms. The van der Waals surface area contributed by atoms with E-state index >= 15 is 0 Å². The molecule has 2 aromatic rings. The van der Waals surface area contributed by atoms with Crippen LogP contribution in [0.3, 0.4) is 0 Å². The third kappa shape index (κ3) is 3.81. The fourth-order valence-corrected chi connectivity index (χ4v) is 4.70. The van der Waals surface area contributed by atoms with Crippen LogP contribution < -0.4 is 0 Å². The number of hydrogen-bond donors (Lipinski definition) is 2. The summed E-state index contributed by atoms with van der Waals surface area (Å²) in [7, 11) is 0. The van der Waals surface area contributed by atoms with Gasteiger partial charge in [0.1, 0.15) is 0 Å². The Hall–Kier alpha value is -2.63. The number of likely N-dealkylation sites (tertiary alicyclic amines) is 1. The normalized spacial score (nSPS) is 20.9. The quantitative estimate of drug-likeness (QED) is 0.832. The van der Waals surface area contributed by atoms with E-state index in [0.29, 0.717) is 23.6 Å². The summed E-state index contributed by atoms with van der Waals surface area (Å²) in [5.74, 6) is -0.292. The van der Waals surface area contributed by atoms with Crippen LogP contribution in [-0.4, -0.2) is 45.2 Å². The van der Waals surface area contributed by atoms with E-state index in [1.54, 1.807) is 24.4 Å². The van der Waals surface area contributed by atoms with Gasteiger partial charge in [-0.05, 0) is 43.4 Å². The maximum Gasteiger partial charge on any atom is 0.335 e. The molecule has 0 spiro atoms. The number of H-pyrrole nitrogens is 1. The number of carbonyl (C=O) groups is 2. The highest BCUT2D eigenvalue weighted by molar-refractivity contribution is 5.95. The Morgan fingerprint density at radius 1 is 1.07 bits per heavy atom. The van der Waals surface area contributed by atoms with Crippen molar-refractivity contribution < 1.29 is 14.7 Å². The molecule has 1 saturated carbocycles. The molecule has 6 nitrogen and oxygen atoms in total. The number of benzene rings is 1. The number of carboxylic acid groups (broad SMARTS) is 1. The van der Waals surface area contributed by atoms with Crippen LogP contribution >= 0.6 is 0 Å². The van der Waals surface area contributed by atoms with Crippen LogP contribution in [0.4, 0.5) is 0 Å². The molecule has 1 aliphatic carbocycles. The minimum absolute atomic E-state index is 0.0495. The summed E-state index contributed by atoms with van der Waals surface area (Å²) in [6.07, 6.45) is 9.50. The molecule has 0 bridgehead atoms. The molecule has 1 saturated heterocycles. The van der Waals surface area contributed by atoms with Crippen molar-refractivity contribution in [2.75, 3.05) is 13.1 Å². The van der Waals surface area contributed by atoms with Gasteiger partial charge in [0, 0.05) is 24.9 Å². The van der Waals surface area contributed by atoms with E-state index in [4.69, 9.17) is 0 Å². The predicted molar refractivity (Wildman–Crippen MR) is 106 cm³/mol. The number of aromatic nitrogens is 2. The topological polar surface area (TPSA) is 86.3 Å². The summed E-state index contributed by atoms with van der Waals surface area (Å²) in [4.78, 5) is 26.4. The molecule has 1 aromatic heterocycles. The highest BCUT2D eigenvalue weighted by atomic mass is 16.4. The zero-order chi connectivity index (χ0) is 19.5. The van der Waals surface area contributed by atoms with Crippen molar-refractivity contribution in [2.45, 2.75) is 56.8 Å². The lowest BCUT2D eigenvalue weighted by molar-refractivity contribution is 0.0687. The van der Waals surface area contributed by atoms with Crippen molar-refractivity contribution in [1.82, 2.24) is 15.1 Å². The van der Waals surface area contributed by atoms with Crippen molar-refractivity contribution in [1.29, 1.82) is 0 Å². The SMILES string of the molecule is O=C(O)c1cccc(C2CCCN(C(=O)c3cn[nH]c3C3CCCCC3)C2)c1. The second-order valence-electron chi connectivity index (χ2n) is 8.05. The van der Waals surface area contributed by atoms with E-state index in [-0.39, 0.29) is 11.8 Å². The fraction of sp³-hybridized carbons (Fsp3) is 0.500. The maximum absolute atomic E-state index is 13.2. The fourth-order valence-electron chi connectivity index (χ4n) is 4.70. The molecule has 2 N–H and O–H groups in total. The van der Waals surface area contributed by atoms with Gasteiger partial charge in [0.15, 0.2) is 0 Å². The molecule has 1 aliphatic heterocycles. The summed E-state index contributed by atoms with van der Waals surface area (Å²) in [5, 5.41) is 16.5. The number of carbonyl (C=O) groups excluding carboxylic acids is 1. The van der Waals surface area contributed by atoms with Crippen molar-refractivity contribution >= 4 is 11.9 Å². The van der Waals surface area contributed by atoms with Gasteiger partial charge in [-0.25, -0.2) is 4.79 Å². The third-order valence-electron chi connectivity index (χ3n) is 6.23. The van der Waals surface area contributed by atoms with Crippen molar-refractivity contribution in [3.05, 3.63) is 52.8 Å². The second-order valence-corrected chi connectivity index (χ2v) is 8.05. The largest absolute Gasteiger partial charge is 0.478 e. The van der Waals surface area contributed by atoms with E-state index in [2.05, 4.69) is 10.2 Å². The first-order valence-corrected chi connectivity index (χ1v) is 10.3. The Balaban J connectivity index is 1.51. The standard InChI is InChI=1S/C22H27N3O3/c26-21(19-13-23-24-20(19)15-6-2-1-3-7-15)25-11-5-10-18(14-25)16-8-4-9-17(12-16)22(27)28/h4,8-9,12-13,15,18H,1-3,5-7,10-11,14H2,(H,23,24)(H,27,28). The van der Waals surface area contributed by atoms with Gasteiger partial charge in [0.2, 0.25) is 0 Å². The van der Waals surface area contributed by atoms with Crippen LogP contribution in [0.15, 0.2) is 30.5 Å². The smallest absolute Gasteiger partial charge is 0.335 e. The van der Waals surface area contributed by atoms with Gasteiger partial charge in [-0.3, -0.25) is 9.89 Å². The van der Waals surface area contributed by atoms with E-state index in [0.717, 1.165) is 43.5 Å². The number of nitrogens with one attached hydrogen (secondary N) is 1. The number of carboxylic acids is 1. The monoisotopic (exact) mass is 381 g/mol. The predicted octanol–water partition coefficient (Wildman–Crippen LogP) is 4.18. The molecule has 1 unspecified atom stereocenters. The zero-order valence-electron chi connectivity index (χ0n) is 16.1. The Morgan fingerprint density at radius 3 is 2.64 bits per heavy atom. The highest BCUT2D eigenvalue weighted by Gasteiger charge is 2.30. The molecule has 1 atom stereocenters. The van der Waals surface area contributed by atoms with Crippen molar-refractivity contribution in [2.24, 2.45) is 0 Å². The van der Waals surface area contributed by atoms with E-state index in [1.807, 2.05) is 11.0 Å². The van der Waals surface area contributed by atoms with Gasteiger partial charge < -0.3 is 10.0 Å². The van der Waals surface area contributed by atoms with E-state index in [9.17, 15) is 14.7 Å². The summed E-state index contributed by atoms with van der Waals surface area (Å²) < 4.78 is 0. The molecular formula is C22H27N3O3. The van der Waals surface area contributed by atoms with E-state index in [1.165, 1.54) is 19.3 Å². The van der Waals surface area contributed by atoms with Gasteiger partial charge >= 0.3 is 5.97 Å². The Morgan fingerprint density at radius 2 is 1.86 bits per heavy atom. The highest BCUT2D eigenvalue weighted by Crippen LogP contribution is 2.34. The summed E-state index contributed by atoms with van der Waals surface area (Å²) >= 11 is 0. The molecule has 148 valence electrons. The number of amides is 1. The lowest BCUT2D eigenvalue weighted by Gasteiger charge is -2.33. The number of nitrogens with zero attached hydrogens (tertiary/aromatic N) is 2. The lowest BCUT2D eigenvalue weighted by atomic mass is 9.85. The maximum atomic E-state index is 13.2. The lowest BCUT2D eigenvalue weighted by Crippen LogP contribution is -2.39. The number of aromatic amines is 1. The first-order chi connectivity index (χ1) is 13.6. The van der Waals surface area contributed by atoms with Crippen LogP contribution in [0.1, 0.15) is 88.8 Å². The van der Waals surface area contributed by atoms with Crippen LogP contribution in [0.2, 0.25) is 0 Å². The van der Waals surface area contributed by atoms with Gasteiger partial charge in [-0.2, -0.15) is 5.10 Å². The molecule has 2 heterocycles. The molecule has 4 rings (SSSR count). The van der Waals surface area contributed by atoms with Crippen molar-refractivity contribution in [3.63, 3.8) is 0 Å². The van der Waals surface area contributed by atoms with Gasteiger partial charge in [0.25, 0.3) is 5.91 Å². The molecule has 2 aliphatic rings. The minimum Gasteiger partial charge on any atom is -0.478 e. The number of rotatable bonds is 4. The molecular weight excluding hydrogens is 354 g/mol. The van der Waals surface area contributed by atoms with Crippen molar-refractivity contribution in [3.8, 4) is 0 Å². The van der Waals surface area contributed by atoms with Gasteiger partial charge in [-0.15, -0.1) is 0 Å². The third-order valence-corrected chi connectivity index (χ3v) is 6.23. The number of hydrogen-bond acceptors (Lipinski definition) is 3. The second kappa shape index (κ2) is 8.17. The summed E-state index contributed by atoms with van der Waals surface area (Å²) in [6, 6.07) is 7.11. The minimum atomic E-state index is -0.916. The number of aromatic carboxylic acids is 1. The van der Waals surface area contributed by atoms with Crippen LogP contribution in [-0.2, 0) is 0 Å². The molecule has 6 heteroatoms. The Bertz CT molecular complexity index is 854. The first-order valence-electron chi connectivity index (χ1n) is 10.3. The Kier molecular flexibility index (Phi) is 5.46. The average molecular weight is 381 g/mol. The first kappa shape index (κ1) is 18.7. The summed E-state index contributed by atoms with van der Waals surface area (Å²) in [5.41, 5.74) is 3.01. The van der Waals surface area contributed by atoms with Crippen LogP contribution in [0.5, 0.6) is 0 Å². The Labute approximate surface area is 164 Å². The molecule has 1 aromatic carbocycles. The average Bonchev–Trinajstić information content (AvgIpc) is 3.24. The van der Waals surface area contributed by atoms with E-state index < -0.39 is 5.97 Å². The zero-order valence-corrected chi connectivity index (χ0v) is 16.1. The van der Waals surface area contributed by atoms with Gasteiger partial charge in [0.05, 0.1) is 23.0 Å². The number of piperidine rings is 1. The van der Waals surface area contributed by atoms with Crippen LogP contribution in [0.25, 0.3) is 0 Å². The van der Waals surface area contributed by atoms with Gasteiger partial charge in [-0.1, -0.05) is 31.4 Å². The molecule has 2 fully saturated rings.